The van der Waals surface area contributed by atoms with E-state index in [4.69, 9.17) is 106 Å². The van der Waals surface area contributed by atoms with Crippen LogP contribution in [0, 0.1) is 84.2 Å². The smallest absolute Gasteiger partial charge is 0.224 e. The Morgan fingerprint density at radius 2 is 0.504 bits per heavy atom. The van der Waals surface area contributed by atoms with Crippen molar-refractivity contribution in [3.63, 3.8) is 0 Å². The largest absolute Gasteiger partial charge is 0.370 e. The second-order valence-corrected chi connectivity index (χ2v) is 31.7. The van der Waals surface area contributed by atoms with Gasteiger partial charge in [-0.3, -0.25) is 111 Å². The first-order valence-corrected chi connectivity index (χ1v) is 43.5. The topological polar surface area (TPSA) is 894 Å². The van der Waals surface area contributed by atoms with Gasteiger partial charge in [0.15, 0.2) is 88.3 Å². The maximum absolute atomic E-state index is 15.2. The quantitative estimate of drug-likeness (QED) is 0.0117. The molecule has 0 saturated heterocycles. The summed E-state index contributed by atoms with van der Waals surface area (Å²) in [6.45, 7) is 3.00. The standard InChI is InChI=1S/C75H140N34O14S2/c1-41(110)33-48(40-125-3)66(123)104-42(2)54(111)22-23-60(117)105-49(17-8-28-99-71(85)86)55(112)34-43(13-4-24-95-67(77)78)62(119)106-50(18-9-29-100-72(87)88)56(113)35-44(14-5-25-96-68(79)80)63(120)107-51(19-10-30-101-73(89)90)57(114)36-45(15-6-26-97-69(81)82)64(121)108-52(20-11-31-102-74(91)92)58(115)37-46(16-7-27-98-70(83)84)65(122)109-53(21-12-32-103-75(93)94)59(116)38-47(39-124)61(76)118/h42-53,124H,4-40H2,1-3H3,(H2,76,118)(H,104,123)(H,105,117)(H,106,119)(H,107,120)(H,108,121)(H,109,122)(H4,77,78,95)(H4,79,80,96)(H4,81,82,97)(H4,83,84,98)(H4,85,86,99)(H4,87,88,100)(H4,89,90,101)(H4,91,92,102)(H4,93,94,103)/t42-,43-,44-,45-,46-,47+,48-,49+,50+,51+,52+,53+/m0/s1. The molecule has 706 valence electrons. The fourth-order valence-corrected chi connectivity index (χ4v) is 14.0. The number of thioether (sulfide) groups is 1. The van der Waals surface area contributed by atoms with E-state index in [0.717, 1.165) is 0 Å². The van der Waals surface area contributed by atoms with Crippen molar-refractivity contribution in [2.24, 2.45) is 92.8 Å². The number of hydrogen-bond donors (Lipinski definition) is 35. The number of ketones is 7. The summed E-state index contributed by atoms with van der Waals surface area (Å²) in [7, 11) is 0. The number of rotatable bonds is 72. The van der Waals surface area contributed by atoms with E-state index in [-0.39, 0.29) is 211 Å². The molecule has 0 rings (SSSR count). The zero-order chi connectivity index (χ0) is 94.7. The van der Waals surface area contributed by atoms with Crippen molar-refractivity contribution in [2.75, 3.05) is 76.7 Å². The summed E-state index contributed by atoms with van der Waals surface area (Å²) in [5.74, 6) is -20.2. The first-order chi connectivity index (χ1) is 58.9. The van der Waals surface area contributed by atoms with Gasteiger partial charge in [-0.05, 0) is 136 Å². The zero-order valence-electron chi connectivity index (χ0n) is 71.9. The molecule has 48 nitrogen and oxygen atoms in total. The highest BCUT2D eigenvalue weighted by atomic mass is 32.2. The van der Waals surface area contributed by atoms with Crippen LogP contribution in [0.5, 0.6) is 0 Å². The molecule has 7 amide bonds. The summed E-state index contributed by atoms with van der Waals surface area (Å²) in [5.41, 5.74) is 55.7. The van der Waals surface area contributed by atoms with Crippen LogP contribution >= 0.6 is 24.4 Å². The first-order valence-electron chi connectivity index (χ1n) is 41.5. The zero-order valence-corrected chi connectivity index (χ0v) is 73.6. The van der Waals surface area contributed by atoms with Gasteiger partial charge in [0.1, 0.15) is 5.78 Å². The lowest BCUT2D eigenvalue weighted by Crippen LogP contribution is -2.49. The molecule has 0 bridgehead atoms. The lowest BCUT2D eigenvalue weighted by Gasteiger charge is -2.27. The van der Waals surface area contributed by atoms with Gasteiger partial charge in [-0.15, -0.1) is 0 Å². The molecule has 0 saturated carbocycles. The van der Waals surface area contributed by atoms with E-state index in [1.807, 2.05) is 0 Å². The van der Waals surface area contributed by atoms with Crippen molar-refractivity contribution < 1.29 is 67.1 Å². The van der Waals surface area contributed by atoms with Crippen LogP contribution in [-0.2, 0) is 67.1 Å². The van der Waals surface area contributed by atoms with Crippen LogP contribution in [0.3, 0.4) is 0 Å². The van der Waals surface area contributed by atoms with E-state index in [1.54, 1.807) is 6.26 Å². The summed E-state index contributed by atoms with van der Waals surface area (Å²) < 4.78 is 0. The van der Waals surface area contributed by atoms with Gasteiger partial charge < -0.3 is 142 Å². The van der Waals surface area contributed by atoms with Gasteiger partial charge in [-0.1, -0.05) is 0 Å². The fraction of sp³-hybridized carbons (Fsp3) is 0.693. The Hall–Kier alpha value is -11.9. The van der Waals surface area contributed by atoms with Crippen molar-refractivity contribution in [1.29, 1.82) is 48.7 Å². The normalized spacial score (nSPS) is 13.7. The minimum Gasteiger partial charge on any atom is -0.370 e. The van der Waals surface area contributed by atoms with Gasteiger partial charge in [-0.2, -0.15) is 24.4 Å². The second kappa shape index (κ2) is 64.8. The van der Waals surface area contributed by atoms with Crippen LogP contribution in [0.4, 0.5) is 0 Å². The summed E-state index contributed by atoms with van der Waals surface area (Å²) in [6, 6.07) is -8.02. The number of carbonyl (C=O) groups is 14. The highest BCUT2D eigenvalue weighted by molar-refractivity contribution is 7.98. The Kier molecular flexibility index (Phi) is 58.7. The van der Waals surface area contributed by atoms with E-state index in [0.29, 0.717) is 5.75 Å². The Morgan fingerprint density at radius 1 is 0.288 bits per heavy atom. The van der Waals surface area contributed by atoms with Crippen LogP contribution in [0.2, 0.25) is 0 Å². The molecule has 0 aliphatic carbocycles. The Balaban J connectivity index is 8.07. The molecule has 0 aliphatic rings. The van der Waals surface area contributed by atoms with Crippen molar-refractivity contribution in [1.82, 2.24) is 79.8 Å². The number of nitrogens with two attached hydrogens (primary N) is 10. The van der Waals surface area contributed by atoms with E-state index in [1.165, 1.54) is 25.6 Å². The van der Waals surface area contributed by atoms with Crippen molar-refractivity contribution in [3.05, 3.63) is 0 Å². The monoisotopic (exact) mass is 1810 g/mol. The lowest BCUT2D eigenvalue weighted by molar-refractivity contribution is -0.136. The van der Waals surface area contributed by atoms with E-state index >= 15 is 19.2 Å². The minimum absolute atomic E-state index is 0.00198. The molecule has 0 spiro atoms. The number of thiol groups is 1. The van der Waals surface area contributed by atoms with Crippen LogP contribution in [-0.4, -0.2) is 248 Å². The SMILES string of the molecule is CSC[C@H](CC(C)=O)C(=O)N[C@@H](C)C(=O)CCC(=O)N[C@H](CCCNC(=N)N)C(=O)C[C@H](CCCNC(=N)N)C(=O)N[C@H](CCCNC(=N)N)C(=O)C[C@H](CCCNC(=N)N)C(=O)N[C@H](CCCNC(=N)N)C(=O)C[C@H](CCCNC(=N)N)C(=O)N[C@H](CCCNC(=N)N)C(=O)C[C@H](CCCNC(=N)N)C(=O)N[C@H](CCCNC(=N)N)C(=O)C[C@H](CS)C(N)=O. The Labute approximate surface area is 738 Å². The molecule has 0 unspecified atom stereocenters. The number of amides is 7. The third-order valence-electron chi connectivity index (χ3n) is 19.7. The molecule has 0 heterocycles. The van der Waals surface area contributed by atoms with E-state index in [2.05, 4.69) is 92.4 Å². The van der Waals surface area contributed by atoms with Crippen molar-refractivity contribution >= 4 is 160 Å². The molecule has 0 fully saturated rings. The van der Waals surface area contributed by atoms with Gasteiger partial charge in [0.05, 0.1) is 48.1 Å². The third kappa shape index (κ3) is 55.1. The maximum atomic E-state index is 15.2. The molecule has 125 heavy (non-hydrogen) atoms. The van der Waals surface area contributed by atoms with Crippen molar-refractivity contribution in [2.45, 2.75) is 217 Å². The predicted octanol–water partition coefficient (Wildman–Crippen LogP) is -6.12. The van der Waals surface area contributed by atoms with Crippen LogP contribution in [0.1, 0.15) is 181 Å². The Bertz CT molecular complexity index is 3640. The van der Waals surface area contributed by atoms with Crippen LogP contribution in [0.15, 0.2) is 0 Å². The highest BCUT2D eigenvalue weighted by Crippen LogP contribution is 2.24. The second-order valence-electron chi connectivity index (χ2n) is 30.4. The minimum atomic E-state index is -1.49. The number of primary amides is 1. The van der Waals surface area contributed by atoms with Gasteiger partial charge in [0.25, 0.3) is 0 Å². The summed E-state index contributed by atoms with van der Waals surface area (Å²) in [6.07, 6.45) is -2.23. The first kappa shape index (κ1) is 113. The molecule has 50 heteroatoms. The van der Waals surface area contributed by atoms with E-state index in [9.17, 15) is 47.9 Å². The predicted molar refractivity (Wildman–Crippen MR) is 480 cm³/mol. The number of hydrogen-bond acceptors (Lipinski definition) is 25. The number of guanidine groups is 9. The molecule has 0 radical (unpaired) electrons. The number of carbonyl (C=O) groups excluding carboxylic acids is 14. The molecule has 0 aromatic heterocycles. The summed E-state index contributed by atoms with van der Waals surface area (Å²) in [5, 5.41) is 110. The average molecular weight is 1810 g/mol. The summed E-state index contributed by atoms with van der Waals surface area (Å²) in [4.78, 5) is 198. The van der Waals surface area contributed by atoms with Gasteiger partial charge in [0, 0.05) is 145 Å². The third-order valence-corrected chi connectivity index (χ3v) is 20.9. The van der Waals surface area contributed by atoms with Gasteiger partial charge in [-0.25, -0.2) is 0 Å². The number of Topliss-reactive ketones (excluding diaryl/α,β-unsaturated/α-hetero) is 7. The fourth-order valence-electron chi connectivity index (χ4n) is 13.0. The van der Waals surface area contributed by atoms with Gasteiger partial charge in [0.2, 0.25) is 41.4 Å². The molecular formula is C75H140N34O14S2. The molecule has 0 aliphatic heterocycles. The van der Waals surface area contributed by atoms with Gasteiger partial charge >= 0.3 is 0 Å². The molecular weight excluding hydrogens is 1670 g/mol. The van der Waals surface area contributed by atoms with Crippen molar-refractivity contribution in [3.8, 4) is 0 Å². The average Bonchev–Trinajstić information content (AvgIpc) is 0.857. The van der Waals surface area contributed by atoms with Crippen LogP contribution in [0.25, 0.3) is 0 Å². The summed E-state index contributed by atoms with van der Waals surface area (Å²) >= 11 is 5.51. The van der Waals surface area contributed by atoms with E-state index < -0.39 is 228 Å². The highest BCUT2D eigenvalue weighted by Gasteiger charge is 2.38. The molecule has 0 aromatic rings. The van der Waals surface area contributed by atoms with Crippen LogP contribution < -0.4 is 137 Å². The maximum Gasteiger partial charge on any atom is 0.224 e. The molecule has 44 N–H and O–H groups in total. The Morgan fingerprint density at radius 3 is 0.712 bits per heavy atom. The molecule has 0 aromatic carbocycles. The molecule has 12 atom stereocenters. The lowest BCUT2D eigenvalue weighted by atomic mass is 9.88. The number of nitrogens with one attached hydrogen (secondary N) is 24.